The zero-order valence-electron chi connectivity index (χ0n) is 14.1. The second-order valence-corrected chi connectivity index (χ2v) is 7.91. The molecule has 26 heavy (non-hydrogen) atoms. The SMILES string of the molecule is Brc1cccc(-c2ccccc2)c1.Ic1cccc(-c2ccccc2)c1. The highest BCUT2D eigenvalue weighted by Gasteiger charge is 1.96. The molecule has 0 N–H and O–H groups in total. The predicted molar refractivity (Wildman–Crippen MR) is 124 cm³/mol. The Kier molecular flexibility index (Phi) is 7.04. The summed E-state index contributed by atoms with van der Waals surface area (Å²) in [4.78, 5) is 0. The summed E-state index contributed by atoms with van der Waals surface area (Å²) in [5.74, 6) is 0. The number of halogens is 2. The number of hydrogen-bond donors (Lipinski definition) is 0. The van der Waals surface area contributed by atoms with Gasteiger partial charge in [-0.1, -0.05) is 101 Å². The second-order valence-electron chi connectivity index (χ2n) is 5.75. The molecule has 4 aromatic rings. The Morgan fingerprint density at radius 3 is 1.42 bits per heavy atom. The largest absolute Gasteiger partial charge is 0.0622 e. The van der Waals surface area contributed by atoms with E-state index in [1.54, 1.807) is 0 Å². The molecule has 0 aliphatic rings. The Morgan fingerprint density at radius 2 is 0.923 bits per heavy atom. The monoisotopic (exact) mass is 512 g/mol. The van der Waals surface area contributed by atoms with Crippen molar-refractivity contribution in [1.29, 1.82) is 0 Å². The van der Waals surface area contributed by atoms with Crippen molar-refractivity contribution in [3.05, 3.63) is 117 Å². The van der Waals surface area contributed by atoms with Gasteiger partial charge in [-0.3, -0.25) is 0 Å². The van der Waals surface area contributed by atoms with Gasteiger partial charge in [-0.15, -0.1) is 0 Å². The van der Waals surface area contributed by atoms with Crippen molar-refractivity contribution in [3.63, 3.8) is 0 Å². The molecule has 0 atom stereocenters. The van der Waals surface area contributed by atoms with Gasteiger partial charge in [0.2, 0.25) is 0 Å². The Balaban J connectivity index is 0.000000151. The van der Waals surface area contributed by atoms with Crippen LogP contribution in [0.3, 0.4) is 0 Å². The predicted octanol–water partition coefficient (Wildman–Crippen LogP) is 8.07. The smallest absolute Gasteiger partial charge is 0.0181 e. The lowest BCUT2D eigenvalue weighted by atomic mass is 10.1. The molecule has 0 radical (unpaired) electrons. The molecule has 0 saturated carbocycles. The molecular formula is C24H18BrI. The Labute approximate surface area is 177 Å². The Hall–Kier alpha value is -1.91. The van der Waals surface area contributed by atoms with Gasteiger partial charge in [0.05, 0.1) is 0 Å². The molecule has 0 saturated heterocycles. The van der Waals surface area contributed by atoms with Crippen molar-refractivity contribution in [2.24, 2.45) is 0 Å². The van der Waals surface area contributed by atoms with Crippen molar-refractivity contribution < 1.29 is 0 Å². The molecule has 0 aromatic heterocycles. The van der Waals surface area contributed by atoms with Gasteiger partial charge in [0.15, 0.2) is 0 Å². The fraction of sp³-hybridized carbons (Fsp3) is 0. The van der Waals surface area contributed by atoms with Gasteiger partial charge in [-0.2, -0.15) is 0 Å². The third-order valence-corrected chi connectivity index (χ3v) is 5.03. The maximum atomic E-state index is 3.46. The van der Waals surface area contributed by atoms with Gasteiger partial charge >= 0.3 is 0 Å². The zero-order valence-corrected chi connectivity index (χ0v) is 17.9. The highest BCUT2D eigenvalue weighted by atomic mass is 127. The summed E-state index contributed by atoms with van der Waals surface area (Å²) < 4.78 is 2.40. The lowest BCUT2D eigenvalue weighted by Crippen LogP contribution is -1.77. The van der Waals surface area contributed by atoms with E-state index in [0.29, 0.717) is 0 Å². The molecule has 0 aliphatic heterocycles. The summed E-state index contributed by atoms with van der Waals surface area (Å²) in [6, 6.07) is 37.6. The number of rotatable bonds is 2. The van der Waals surface area contributed by atoms with Crippen LogP contribution in [0, 0.1) is 3.57 Å². The molecule has 0 aliphatic carbocycles. The van der Waals surface area contributed by atoms with Crippen molar-refractivity contribution in [2.75, 3.05) is 0 Å². The summed E-state index contributed by atoms with van der Waals surface area (Å²) in [5, 5.41) is 0. The van der Waals surface area contributed by atoms with Gasteiger partial charge < -0.3 is 0 Å². The van der Waals surface area contributed by atoms with Crippen LogP contribution in [-0.2, 0) is 0 Å². The average molecular weight is 513 g/mol. The fourth-order valence-electron chi connectivity index (χ4n) is 2.60. The van der Waals surface area contributed by atoms with E-state index in [0.717, 1.165) is 4.47 Å². The van der Waals surface area contributed by atoms with Crippen molar-refractivity contribution in [1.82, 2.24) is 0 Å². The molecule has 128 valence electrons. The van der Waals surface area contributed by atoms with E-state index >= 15 is 0 Å². The molecule has 4 aromatic carbocycles. The van der Waals surface area contributed by atoms with Crippen LogP contribution < -0.4 is 0 Å². The van der Waals surface area contributed by atoms with Crippen LogP contribution in [0.1, 0.15) is 0 Å². The van der Waals surface area contributed by atoms with E-state index < -0.39 is 0 Å². The minimum Gasteiger partial charge on any atom is -0.0622 e. The molecule has 0 amide bonds. The van der Waals surface area contributed by atoms with Crippen molar-refractivity contribution in [3.8, 4) is 22.3 Å². The van der Waals surface area contributed by atoms with E-state index in [9.17, 15) is 0 Å². The standard InChI is InChI=1S/C12H9Br.C12H9I/c2*13-12-8-4-7-11(9-12)10-5-2-1-3-6-10/h2*1-9H. The van der Waals surface area contributed by atoms with Crippen molar-refractivity contribution >= 4 is 38.5 Å². The molecule has 0 fully saturated rings. The maximum absolute atomic E-state index is 3.46. The molecule has 0 spiro atoms. The first kappa shape index (κ1) is 18.9. The van der Waals surface area contributed by atoms with Gasteiger partial charge in [-0.25, -0.2) is 0 Å². The minimum atomic E-state index is 1.12. The zero-order chi connectivity index (χ0) is 18.2. The lowest BCUT2D eigenvalue weighted by molar-refractivity contribution is 1.59. The summed E-state index contributed by atoms with van der Waals surface area (Å²) in [7, 11) is 0. The topological polar surface area (TPSA) is 0 Å². The quantitative estimate of drug-likeness (QED) is 0.238. The summed E-state index contributed by atoms with van der Waals surface area (Å²) in [5.41, 5.74) is 5.06. The highest BCUT2D eigenvalue weighted by molar-refractivity contribution is 14.1. The Morgan fingerprint density at radius 1 is 0.462 bits per heavy atom. The number of benzene rings is 4. The van der Waals surface area contributed by atoms with Crippen LogP contribution in [-0.4, -0.2) is 0 Å². The average Bonchev–Trinajstić information content (AvgIpc) is 2.70. The lowest BCUT2D eigenvalue weighted by Gasteiger charge is -2.00. The third-order valence-electron chi connectivity index (χ3n) is 3.86. The first-order valence-electron chi connectivity index (χ1n) is 8.34. The van der Waals surface area contributed by atoms with Crippen molar-refractivity contribution in [2.45, 2.75) is 0 Å². The normalized spacial score (nSPS) is 9.92. The Bertz CT molecular complexity index is 869. The number of hydrogen-bond acceptors (Lipinski definition) is 0. The van der Waals surface area contributed by atoms with Gasteiger partial charge in [0.1, 0.15) is 0 Å². The molecule has 0 unspecified atom stereocenters. The van der Waals surface area contributed by atoms with Crippen LogP contribution >= 0.6 is 38.5 Å². The van der Waals surface area contributed by atoms with E-state index in [4.69, 9.17) is 0 Å². The molecule has 2 heteroatoms. The second kappa shape index (κ2) is 9.70. The van der Waals surface area contributed by atoms with Crippen LogP contribution in [0.4, 0.5) is 0 Å². The minimum absolute atomic E-state index is 1.12. The molecule has 4 rings (SSSR count). The summed E-state index contributed by atoms with van der Waals surface area (Å²) in [6.45, 7) is 0. The summed E-state index contributed by atoms with van der Waals surface area (Å²) >= 11 is 5.79. The molecular weight excluding hydrogens is 495 g/mol. The van der Waals surface area contributed by atoms with E-state index in [1.807, 2.05) is 24.3 Å². The third kappa shape index (κ3) is 5.55. The van der Waals surface area contributed by atoms with Crippen LogP contribution in [0.2, 0.25) is 0 Å². The summed E-state index contributed by atoms with van der Waals surface area (Å²) in [6.07, 6.45) is 0. The molecule has 0 bridgehead atoms. The van der Waals surface area contributed by atoms with Gasteiger partial charge in [0, 0.05) is 8.04 Å². The highest BCUT2D eigenvalue weighted by Crippen LogP contribution is 2.22. The van der Waals surface area contributed by atoms with E-state index in [2.05, 4.69) is 123 Å². The van der Waals surface area contributed by atoms with Gasteiger partial charge in [-0.05, 0) is 69.1 Å². The van der Waals surface area contributed by atoms with Gasteiger partial charge in [0.25, 0.3) is 0 Å². The molecule has 0 nitrogen and oxygen atoms in total. The first-order valence-corrected chi connectivity index (χ1v) is 10.2. The van der Waals surface area contributed by atoms with Crippen LogP contribution in [0.25, 0.3) is 22.3 Å². The fourth-order valence-corrected chi connectivity index (χ4v) is 3.54. The van der Waals surface area contributed by atoms with E-state index in [-0.39, 0.29) is 0 Å². The van der Waals surface area contributed by atoms with Crippen LogP contribution in [0.5, 0.6) is 0 Å². The molecule has 0 heterocycles. The van der Waals surface area contributed by atoms with Crippen LogP contribution in [0.15, 0.2) is 114 Å². The maximum Gasteiger partial charge on any atom is 0.0181 e. The van der Waals surface area contributed by atoms with E-state index in [1.165, 1.54) is 25.8 Å². The first-order chi connectivity index (χ1) is 12.7.